The maximum absolute atomic E-state index is 12.1. The van der Waals surface area contributed by atoms with E-state index in [0.29, 0.717) is 30.9 Å². The number of rotatable bonds is 10. The van der Waals surface area contributed by atoms with Crippen LogP contribution in [0.2, 0.25) is 0 Å². The van der Waals surface area contributed by atoms with Crippen molar-refractivity contribution >= 4 is 17.5 Å². The molecule has 0 heterocycles. The molecule has 2 rings (SSSR count). The standard InChI is InChI=1S/C20H25N3O4/c1-26-11-10-22-20(25)16-4-3-5-17(12-16)23-19(24)14-21-13-15-6-8-18(27-2)9-7-15/h3-9,12,21H,10-11,13-14H2,1-2H3,(H,22,25)(H,23,24). The highest BCUT2D eigenvalue weighted by Crippen LogP contribution is 2.12. The van der Waals surface area contributed by atoms with Crippen LogP contribution in [0, 0.1) is 0 Å². The van der Waals surface area contributed by atoms with E-state index >= 15 is 0 Å². The van der Waals surface area contributed by atoms with Crippen molar-refractivity contribution in [1.82, 2.24) is 10.6 Å². The molecule has 2 aromatic carbocycles. The van der Waals surface area contributed by atoms with Gasteiger partial charge in [0.05, 0.1) is 20.3 Å². The van der Waals surface area contributed by atoms with Crippen molar-refractivity contribution in [2.45, 2.75) is 6.54 Å². The van der Waals surface area contributed by atoms with Gasteiger partial charge in [-0.15, -0.1) is 0 Å². The van der Waals surface area contributed by atoms with Crippen LogP contribution in [-0.2, 0) is 16.1 Å². The van der Waals surface area contributed by atoms with Crippen LogP contribution in [0.25, 0.3) is 0 Å². The smallest absolute Gasteiger partial charge is 0.251 e. The van der Waals surface area contributed by atoms with Gasteiger partial charge >= 0.3 is 0 Å². The van der Waals surface area contributed by atoms with Crippen LogP contribution < -0.4 is 20.7 Å². The third-order valence-corrected chi connectivity index (χ3v) is 3.77. The fraction of sp³-hybridized carbons (Fsp3) is 0.300. The van der Waals surface area contributed by atoms with Crippen molar-refractivity contribution in [1.29, 1.82) is 0 Å². The molecule has 7 nitrogen and oxygen atoms in total. The largest absolute Gasteiger partial charge is 0.497 e. The van der Waals surface area contributed by atoms with Crippen molar-refractivity contribution < 1.29 is 19.1 Å². The molecular weight excluding hydrogens is 346 g/mol. The minimum Gasteiger partial charge on any atom is -0.497 e. The lowest BCUT2D eigenvalue weighted by atomic mass is 10.2. The van der Waals surface area contributed by atoms with Crippen LogP contribution >= 0.6 is 0 Å². The van der Waals surface area contributed by atoms with Gasteiger partial charge in [0, 0.05) is 31.5 Å². The molecule has 0 atom stereocenters. The summed E-state index contributed by atoms with van der Waals surface area (Å²) in [5.41, 5.74) is 2.11. The molecule has 27 heavy (non-hydrogen) atoms. The zero-order valence-corrected chi connectivity index (χ0v) is 15.6. The molecule has 0 saturated carbocycles. The van der Waals surface area contributed by atoms with Gasteiger partial charge in [-0.1, -0.05) is 18.2 Å². The predicted octanol–water partition coefficient (Wildman–Crippen LogP) is 1.80. The lowest BCUT2D eigenvalue weighted by Crippen LogP contribution is -2.28. The SMILES string of the molecule is COCCNC(=O)c1cccc(NC(=O)CNCc2ccc(OC)cc2)c1. The van der Waals surface area contributed by atoms with Crippen LogP contribution in [0.1, 0.15) is 15.9 Å². The van der Waals surface area contributed by atoms with E-state index in [9.17, 15) is 9.59 Å². The van der Waals surface area contributed by atoms with E-state index in [1.165, 1.54) is 0 Å². The zero-order chi connectivity index (χ0) is 19.5. The highest BCUT2D eigenvalue weighted by molar-refractivity contribution is 5.97. The van der Waals surface area contributed by atoms with Crippen LogP contribution in [0.5, 0.6) is 5.75 Å². The van der Waals surface area contributed by atoms with Gasteiger partial charge in [0.25, 0.3) is 5.91 Å². The molecule has 3 N–H and O–H groups in total. The van der Waals surface area contributed by atoms with Gasteiger partial charge in [0.15, 0.2) is 0 Å². The van der Waals surface area contributed by atoms with Crippen LogP contribution in [-0.4, -0.2) is 45.7 Å². The Morgan fingerprint density at radius 2 is 1.81 bits per heavy atom. The Kier molecular flexibility index (Phi) is 8.28. The summed E-state index contributed by atoms with van der Waals surface area (Å²) in [6.07, 6.45) is 0. The molecule has 7 heteroatoms. The molecule has 0 aliphatic heterocycles. The second kappa shape index (κ2) is 10.9. The van der Waals surface area contributed by atoms with Crippen molar-refractivity contribution in [2.75, 3.05) is 39.2 Å². The number of anilines is 1. The first-order valence-electron chi connectivity index (χ1n) is 8.63. The summed E-state index contributed by atoms with van der Waals surface area (Å²) in [7, 11) is 3.20. The number of hydrogen-bond donors (Lipinski definition) is 3. The Morgan fingerprint density at radius 3 is 2.52 bits per heavy atom. The Morgan fingerprint density at radius 1 is 1.04 bits per heavy atom. The zero-order valence-electron chi connectivity index (χ0n) is 15.6. The Labute approximate surface area is 159 Å². The number of nitrogens with one attached hydrogen (secondary N) is 3. The Bertz CT molecular complexity index is 747. The molecule has 0 aromatic heterocycles. The maximum Gasteiger partial charge on any atom is 0.251 e. The lowest BCUT2D eigenvalue weighted by molar-refractivity contribution is -0.115. The lowest BCUT2D eigenvalue weighted by Gasteiger charge is -2.09. The minimum absolute atomic E-state index is 0.163. The summed E-state index contributed by atoms with van der Waals surface area (Å²) < 4.78 is 10.0. The van der Waals surface area contributed by atoms with Gasteiger partial charge in [0.1, 0.15) is 5.75 Å². The third-order valence-electron chi connectivity index (χ3n) is 3.77. The number of carbonyl (C=O) groups is 2. The summed E-state index contributed by atoms with van der Waals surface area (Å²) in [6.45, 7) is 1.61. The van der Waals surface area contributed by atoms with Gasteiger partial charge in [-0.05, 0) is 35.9 Å². The summed E-state index contributed by atoms with van der Waals surface area (Å²) >= 11 is 0. The van der Waals surface area contributed by atoms with E-state index in [-0.39, 0.29) is 18.4 Å². The summed E-state index contributed by atoms with van der Waals surface area (Å²) in [6, 6.07) is 14.4. The van der Waals surface area contributed by atoms with E-state index in [4.69, 9.17) is 9.47 Å². The predicted molar refractivity (Wildman–Crippen MR) is 104 cm³/mol. The second-order valence-electron chi connectivity index (χ2n) is 5.83. The molecule has 0 saturated heterocycles. The Balaban J connectivity index is 1.79. The molecule has 0 aliphatic rings. The van der Waals surface area contributed by atoms with Crippen LogP contribution in [0.4, 0.5) is 5.69 Å². The second-order valence-corrected chi connectivity index (χ2v) is 5.83. The average molecular weight is 371 g/mol. The summed E-state index contributed by atoms with van der Waals surface area (Å²) in [5.74, 6) is 0.406. The topological polar surface area (TPSA) is 88.7 Å². The van der Waals surface area contributed by atoms with Gasteiger partial charge < -0.3 is 25.4 Å². The van der Waals surface area contributed by atoms with Crippen LogP contribution in [0.3, 0.4) is 0 Å². The van der Waals surface area contributed by atoms with Crippen molar-refractivity contribution in [3.05, 3.63) is 59.7 Å². The number of carbonyl (C=O) groups excluding carboxylic acids is 2. The molecule has 0 bridgehead atoms. The quantitative estimate of drug-likeness (QED) is 0.554. The van der Waals surface area contributed by atoms with E-state index in [1.807, 2.05) is 24.3 Å². The molecular formula is C20H25N3O4. The highest BCUT2D eigenvalue weighted by atomic mass is 16.5. The molecule has 0 unspecified atom stereocenters. The van der Waals surface area contributed by atoms with E-state index in [1.54, 1.807) is 38.5 Å². The average Bonchev–Trinajstić information content (AvgIpc) is 2.69. The Hall–Kier alpha value is -2.90. The highest BCUT2D eigenvalue weighted by Gasteiger charge is 2.07. The number of amides is 2. The molecule has 2 aromatic rings. The van der Waals surface area contributed by atoms with E-state index in [0.717, 1.165) is 11.3 Å². The van der Waals surface area contributed by atoms with E-state index in [2.05, 4.69) is 16.0 Å². The molecule has 0 fully saturated rings. The first-order valence-corrected chi connectivity index (χ1v) is 8.63. The number of hydrogen-bond acceptors (Lipinski definition) is 5. The van der Waals surface area contributed by atoms with Crippen molar-refractivity contribution in [3.63, 3.8) is 0 Å². The normalized spacial score (nSPS) is 10.3. The monoisotopic (exact) mass is 371 g/mol. The molecule has 2 amide bonds. The maximum atomic E-state index is 12.1. The van der Waals surface area contributed by atoms with Crippen molar-refractivity contribution in [2.24, 2.45) is 0 Å². The number of ether oxygens (including phenoxy) is 2. The fourth-order valence-electron chi connectivity index (χ4n) is 2.38. The number of benzene rings is 2. The molecule has 0 radical (unpaired) electrons. The van der Waals surface area contributed by atoms with Gasteiger partial charge in [-0.25, -0.2) is 0 Å². The third kappa shape index (κ3) is 7.08. The van der Waals surface area contributed by atoms with Crippen LogP contribution in [0.15, 0.2) is 48.5 Å². The van der Waals surface area contributed by atoms with Gasteiger partial charge in [0.2, 0.25) is 5.91 Å². The molecule has 0 aliphatic carbocycles. The molecule has 144 valence electrons. The number of methoxy groups -OCH3 is 2. The fourth-order valence-corrected chi connectivity index (χ4v) is 2.38. The van der Waals surface area contributed by atoms with Gasteiger partial charge in [-0.2, -0.15) is 0 Å². The first kappa shape index (κ1) is 20.4. The summed E-state index contributed by atoms with van der Waals surface area (Å²) in [5, 5.41) is 8.61. The van der Waals surface area contributed by atoms with E-state index < -0.39 is 0 Å². The summed E-state index contributed by atoms with van der Waals surface area (Å²) in [4.78, 5) is 24.1. The van der Waals surface area contributed by atoms with Crippen molar-refractivity contribution in [3.8, 4) is 5.75 Å². The first-order chi connectivity index (χ1) is 13.1. The minimum atomic E-state index is -0.208. The van der Waals surface area contributed by atoms with Gasteiger partial charge in [-0.3, -0.25) is 9.59 Å². The molecule has 0 spiro atoms.